The summed E-state index contributed by atoms with van der Waals surface area (Å²) in [7, 11) is 0. The summed E-state index contributed by atoms with van der Waals surface area (Å²) >= 11 is 1.48. The van der Waals surface area contributed by atoms with E-state index in [0.717, 1.165) is 22.3 Å². The SMILES string of the molecule is Cc1cnc(C(C)Nc2cc(C(F)(F)F)nc3ncnn23)s1. The Labute approximate surface area is 127 Å². The summed E-state index contributed by atoms with van der Waals surface area (Å²) in [5, 5.41) is 7.65. The quantitative estimate of drug-likeness (QED) is 0.800. The number of alkyl halides is 3. The summed E-state index contributed by atoms with van der Waals surface area (Å²) in [6, 6.07) is 0.646. The first kappa shape index (κ1) is 14.7. The average molecular weight is 328 g/mol. The first-order chi connectivity index (χ1) is 10.3. The first-order valence-electron chi connectivity index (χ1n) is 6.31. The van der Waals surface area contributed by atoms with Crippen molar-refractivity contribution in [3.8, 4) is 0 Å². The van der Waals surface area contributed by atoms with Crippen LogP contribution in [0.25, 0.3) is 5.78 Å². The number of anilines is 1. The molecule has 3 heterocycles. The fraction of sp³-hybridized carbons (Fsp3) is 0.333. The molecule has 0 spiro atoms. The predicted molar refractivity (Wildman–Crippen MR) is 74.7 cm³/mol. The molecule has 1 unspecified atom stereocenters. The van der Waals surface area contributed by atoms with Gasteiger partial charge in [-0.05, 0) is 13.8 Å². The molecule has 22 heavy (non-hydrogen) atoms. The van der Waals surface area contributed by atoms with Gasteiger partial charge < -0.3 is 5.32 Å². The van der Waals surface area contributed by atoms with Crippen LogP contribution in [0, 0.1) is 6.92 Å². The van der Waals surface area contributed by atoms with E-state index in [1.807, 2.05) is 13.8 Å². The molecule has 3 aromatic heterocycles. The fourth-order valence-electron chi connectivity index (χ4n) is 1.92. The highest BCUT2D eigenvalue weighted by Crippen LogP contribution is 2.31. The zero-order valence-electron chi connectivity index (χ0n) is 11.6. The number of hydrogen-bond donors (Lipinski definition) is 1. The molecule has 3 aromatic rings. The Bertz CT molecular complexity index is 809. The van der Waals surface area contributed by atoms with E-state index < -0.39 is 11.9 Å². The van der Waals surface area contributed by atoms with Crippen LogP contribution in [0.15, 0.2) is 18.6 Å². The molecule has 0 saturated heterocycles. The minimum absolute atomic E-state index is 0.111. The summed E-state index contributed by atoms with van der Waals surface area (Å²) in [6.07, 6.45) is -1.67. The summed E-state index contributed by atoms with van der Waals surface area (Å²) in [5.74, 6) is 0.0509. The largest absolute Gasteiger partial charge is 0.433 e. The first-order valence-corrected chi connectivity index (χ1v) is 7.13. The van der Waals surface area contributed by atoms with Crippen molar-refractivity contribution in [3.05, 3.63) is 34.2 Å². The summed E-state index contributed by atoms with van der Waals surface area (Å²) in [6.45, 7) is 3.73. The van der Waals surface area contributed by atoms with Crippen LogP contribution in [0.1, 0.15) is 28.5 Å². The van der Waals surface area contributed by atoms with Crippen molar-refractivity contribution in [2.75, 3.05) is 5.32 Å². The molecule has 0 aromatic carbocycles. The van der Waals surface area contributed by atoms with E-state index in [-0.39, 0.29) is 17.6 Å². The average Bonchev–Trinajstić information content (AvgIpc) is 3.05. The van der Waals surface area contributed by atoms with Crippen molar-refractivity contribution in [1.82, 2.24) is 24.6 Å². The number of aromatic nitrogens is 5. The van der Waals surface area contributed by atoms with Crippen LogP contribution in [0.2, 0.25) is 0 Å². The van der Waals surface area contributed by atoms with Crippen molar-refractivity contribution in [2.24, 2.45) is 0 Å². The van der Waals surface area contributed by atoms with Crippen LogP contribution in [0.3, 0.4) is 0 Å². The molecule has 0 fully saturated rings. The Morgan fingerprint density at radius 3 is 2.73 bits per heavy atom. The maximum absolute atomic E-state index is 12.9. The van der Waals surface area contributed by atoms with E-state index in [2.05, 4.69) is 25.4 Å². The molecule has 0 aliphatic rings. The van der Waals surface area contributed by atoms with Gasteiger partial charge >= 0.3 is 6.18 Å². The Balaban J connectivity index is 2.00. The summed E-state index contributed by atoms with van der Waals surface area (Å²) in [5.41, 5.74) is -1.02. The topological polar surface area (TPSA) is 68.0 Å². The Kier molecular flexibility index (Phi) is 3.47. The standard InChI is InChI=1S/C12H11F3N6S/c1-6-4-16-10(22-6)7(2)19-9-3-8(12(13,14)15)20-11-17-5-18-21(9)11/h3-5,7,19H,1-2H3. The van der Waals surface area contributed by atoms with E-state index in [1.54, 1.807) is 6.20 Å². The number of aryl methyl sites for hydroxylation is 1. The maximum Gasteiger partial charge on any atom is 0.433 e. The van der Waals surface area contributed by atoms with Crippen LogP contribution >= 0.6 is 11.3 Å². The lowest BCUT2D eigenvalue weighted by molar-refractivity contribution is -0.141. The minimum Gasteiger partial charge on any atom is -0.361 e. The van der Waals surface area contributed by atoms with Crippen LogP contribution in [-0.4, -0.2) is 24.6 Å². The number of nitrogens with one attached hydrogen (secondary N) is 1. The summed E-state index contributed by atoms with van der Waals surface area (Å²) < 4.78 is 40.0. The molecule has 0 amide bonds. The van der Waals surface area contributed by atoms with E-state index >= 15 is 0 Å². The van der Waals surface area contributed by atoms with Gasteiger partial charge in [0, 0.05) is 17.1 Å². The van der Waals surface area contributed by atoms with Gasteiger partial charge in [0.2, 0.25) is 0 Å². The minimum atomic E-state index is -4.55. The lowest BCUT2D eigenvalue weighted by atomic mass is 10.3. The molecule has 0 aliphatic carbocycles. The van der Waals surface area contributed by atoms with Gasteiger partial charge in [0.15, 0.2) is 5.69 Å². The second-order valence-corrected chi connectivity index (χ2v) is 5.94. The van der Waals surface area contributed by atoms with Gasteiger partial charge in [0.25, 0.3) is 5.78 Å². The van der Waals surface area contributed by atoms with Crippen LogP contribution in [0.4, 0.5) is 19.0 Å². The molecule has 0 saturated carbocycles. The highest BCUT2D eigenvalue weighted by molar-refractivity contribution is 7.11. The van der Waals surface area contributed by atoms with Gasteiger partial charge in [-0.1, -0.05) is 0 Å². The number of nitrogens with zero attached hydrogens (tertiary/aromatic N) is 5. The van der Waals surface area contributed by atoms with Gasteiger partial charge in [0.1, 0.15) is 17.2 Å². The van der Waals surface area contributed by atoms with E-state index in [4.69, 9.17) is 0 Å². The highest BCUT2D eigenvalue weighted by atomic mass is 32.1. The molecule has 6 nitrogen and oxygen atoms in total. The van der Waals surface area contributed by atoms with E-state index in [9.17, 15) is 13.2 Å². The number of thiazole rings is 1. The third-order valence-electron chi connectivity index (χ3n) is 2.92. The Hall–Kier alpha value is -2.23. The van der Waals surface area contributed by atoms with Gasteiger partial charge in [0.05, 0.1) is 6.04 Å². The van der Waals surface area contributed by atoms with Crippen molar-refractivity contribution < 1.29 is 13.2 Å². The summed E-state index contributed by atoms with van der Waals surface area (Å²) in [4.78, 5) is 12.4. The predicted octanol–water partition coefficient (Wildman–Crippen LogP) is 3.08. The molecule has 0 aliphatic heterocycles. The molecule has 1 atom stereocenters. The Morgan fingerprint density at radius 1 is 1.32 bits per heavy atom. The zero-order chi connectivity index (χ0) is 15.9. The number of halogens is 3. The van der Waals surface area contributed by atoms with Crippen molar-refractivity contribution in [1.29, 1.82) is 0 Å². The van der Waals surface area contributed by atoms with Crippen molar-refractivity contribution in [2.45, 2.75) is 26.1 Å². The second-order valence-electron chi connectivity index (χ2n) is 4.67. The maximum atomic E-state index is 12.9. The third kappa shape index (κ3) is 2.73. The molecule has 0 bridgehead atoms. The van der Waals surface area contributed by atoms with Crippen LogP contribution < -0.4 is 5.32 Å². The Morgan fingerprint density at radius 2 is 2.09 bits per heavy atom. The molecule has 0 radical (unpaired) electrons. The van der Waals surface area contributed by atoms with Crippen molar-refractivity contribution in [3.63, 3.8) is 0 Å². The second kappa shape index (κ2) is 5.20. The zero-order valence-corrected chi connectivity index (χ0v) is 12.4. The normalized spacial score (nSPS) is 13.5. The lowest BCUT2D eigenvalue weighted by Crippen LogP contribution is -2.15. The highest BCUT2D eigenvalue weighted by Gasteiger charge is 2.34. The smallest absolute Gasteiger partial charge is 0.361 e. The lowest BCUT2D eigenvalue weighted by Gasteiger charge is -2.15. The van der Waals surface area contributed by atoms with E-state index in [1.165, 1.54) is 15.9 Å². The molecule has 1 N–H and O–H groups in total. The van der Waals surface area contributed by atoms with Crippen molar-refractivity contribution >= 4 is 22.9 Å². The molecular weight excluding hydrogens is 317 g/mol. The van der Waals surface area contributed by atoms with Gasteiger partial charge in [-0.25, -0.2) is 9.97 Å². The van der Waals surface area contributed by atoms with E-state index in [0.29, 0.717) is 0 Å². The third-order valence-corrected chi connectivity index (χ3v) is 4.01. The molecule has 10 heteroatoms. The van der Waals surface area contributed by atoms with Crippen LogP contribution in [-0.2, 0) is 6.18 Å². The van der Waals surface area contributed by atoms with Crippen LogP contribution in [0.5, 0.6) is 0 Å². The molecular formula is C12H11F3N6S. The van der Waals surface area contributed by atoms with Gasteiger partial charge in [-0.15, -0.1) is 11.3 Å². The fourth-order valence-corrected chi connectivity index (χ4v) is 2.69. The number of hydrogen-bond acceptors (Lipinski definition) is 6. The number of fused-ring (bicyclic) bond motifs is 1. The molecule has 116 valence electrons. The van der Waals surface area contributed by atoms with Gasteiger partial charge in [-0.3, -0.25) is 0 Å². The van der Waals surface area contributed by atoms with Gasteiger partial charge in [-0.2, -0.15) is 27.8 Å². The number of rotatable bonds is 3. The molecule has 3 rings (SSSR count). The monoisotopic (exact) mass is 328 g/mol.